The summed E-state index contributed by atoms with van der Waals surface area (Å²) in [5.74, 6) is -0.378. The topological polar surface area (TPSA) is 38.0 Å². The van der Waals surface area contributed by atoms with Crippen molar-refractivity contribution in [3.05, 3.63) is 65.0 Å². The molecule has 1 aliphatic rings. The predicted octanol–water partition coefficient (Wildman–Crippen LogP) is 3.95. The Hall–Kier alpha value is -1.94. The van der Waals surface area contributed by atoms with Crippen LogP contribution in [0.4, 0.5) is 10.1 Å². The van der Waals surface area contributed by atoms with Crippen molar-refractivity contribution < 1.29 is 4.39 Å². The molecule has 0 saturated heterocycles. The average molecular weight is 300 g/mol. The third kappa shape index (κ3) is 2.76. The van der Waals surface area contributed by atoms with Crippen LogP contribution in [0.3, 0.4) is 0 Å². The second-order valence-electron chi connectivity index (χ2n) is 5.31. The Labute approximate surface area is 129 Å². The molecule has 0 bridgehead atoms. The van der Waals surface area contributed by atoms with E-state index in [4.69, 9.17) is 18.0 Å². The van der Waals surface area contributed by atoms with E-state index in [-0.39, 0.29) is 16.8 Å². The summed E-state index contributed by atoms with van der Waals surface area (Å²) in [5.41, 5.74) is 9.27. The number of fused-ring (bicyclic) bond motifs is 1. The van der Waals surface area contributed by atoms with E-state index in [0.29, 0.717) is 11.3 Å². The first-order valence-corrected chi connectivity index (χ1v) is 7.50. The molecule has 0 heterocycles. The highest BCUT2D eigenvalue weighted by Gasteiger charge is 2.21. The normalized spacial score (nSPS) is 17.1. The fourth-order valence-electron chi connectivity index (χ4n) is 2.99. The first-order chi connectivity index (χ1) is 10.2. The molecular weight excluding hydrogens is 283 g/mol. The minimum absolute atomic E-state index is 0.0831. The van der Waals surface area contributed by atoms with Gasteiger partial charge in [0.15, 0.2) is 0 Å². The second-order valence-corrected chi connectivity index (χ2v) is 5.75. The molecule has 1 atom stereocenters. The molecular formula is C17H17FN2S. The highest BCUT2D eigenvalue weighted by Crippen LogP contribution is 2.33. The molecule has 0 spiro atoms. The Bertz CT molecular complexity index is 684. The quantitative estimate of drug-likeness (QED) is 0.843. The van der Waals surface area contributed by atoms with Crippen molar-refractivity contribution in [2.45, 2.75) is 25.3 Å². The number of benzene rings is 2. The number of thiocarbonyl (C=S) groups is 1. The largest absolute Gasteiger partial charge is 0.389 e. The zero-order chi connectivity index (χ0) is 14.8. The van der Waals surface area contributed by atoms with Crippen LogP contribution in [-0.2, 0) is 6.42 Å². The lowest BCUT2D eigenvalue weighted by Gasteiger charge is -2.28. The van der Waals surface area contributed by atoms with Crippen LogP contribution in [0.15, 0.2) is 42.5 Å². The molecule has 0 fully saturated rings. The molecule has 2 aromatic carbocycles. The lowest BCUT2D eigenvalue weighted by molar-refractivity contribution is 0.597. The molecule has 3 rings (SSSR count). The Morgan fingerprint density at radius 1 is 1.19 bits per heavy atom. The van der Waals surface area contributed by atoms with Gasteiger partial charge in [-0.25, -0.2) is 4.39 Å². The third-order valence-corrected chi connectivity index (χ3v) is 4.16. The zero-order valence-corrected chi connectivity index (χ0v) is 12.4. The van der Waals surface area contributed by atoms with Gasteiger partial charge in [0.1, 0.15) is 10.8 Å². The number of nitrogens with two attached hydrogens (primary N) is 1. The van der Waals surface area contributed by atoms with E-state index >= 15 is 0 Å². The fraction of sp³-hybridized carbons (Fsp3) is 0.235. The van der Waals surface area contributed by atoms with E-state index < -0.39 is 0 Å². The summed E-state index contributed by atoms with van der Waals surface area (Å²) in [5, 5.41) is 3.42. The lowest BCUT2D eigenvalue weighted by atomic mass is 9.87. The van der Waals surface area contributed by atoms with Crippen LogP contribution < -0.4 is 11.1 Å². The maximum Gasteiger partial charge on any atom is 0.135 e. The van der Waals surface area contributed by atoms with Gasteiger partial charge in [-0.1, -0.05) is 42.5 Å². The van der Waals surface area contributed by atoms with Crippen LogP contribution in [0.2, 0.25) is 0 Å². The standard InChI is InChI=1S/C17H17FN2S/c18-13-8-4-10-15(16(13)17(19)21)20-14-9-3-6-11-5-1-2-7-12(11)14/h1-2,4-5,7-8,10,14,20H,3,6,9H2,(H2,19,21). The number of halogens is 1. The molecule has 0 saturated carbocycles. The van der Waals surface area contributed by atoms with E-state index in [1.807, 2.05) is 12.1 Å². The molecule has 3 N–H and O–H groups in total. The smallest absolute Gasteiger partial charge is 0.135 e. The summed E-state index contributed by atoms with van der Waals surface area (Å²) < 4.78 is 13.9. The van der Waals surface area contributed by atoms with Crippen LogP contribution in [0, 0.1) is 5.82 Å². The number of hydrogen-bond acceptors (Lipinski definition) is 2. The van der Waals surface area contributed by atoms with Gasteiger partial charge in [0.2, 0.25) is 0 Å². The van der Waals surface area contributed by atoms with Crippen molar-refractivity contribution in [3.63, 3.8) is 0 Å². The van der Waals surface area contributed by atoms with Gasteiger partial charge in [0.05, 0.1) is 11.6 Å². The number of nitrogens with one attached hydrogen (secondary N) is 1. The minimum atomic E-state index is -0.378. The van der Waals surface area contributed by atoms with Crippen molar-refractivity contribution in [1.82, 2.24) is 0 Å². The van der Waals surface area contributed by atoms with E-state index in [0.717, 1.165) is 19.3 Å². The molecule has 4 heteroatoms. The van der Waals surface area contributed by atoms with E-state index in [2.05, 4.69) is 23.5 Å². The van der Waals surface area contributed by atoms with Gasteiger partial charge in [-0.2, -0.15) is 0 Å². The van der Waals surface area contributed by atoms with Gasteiger partial charge in [-0.05, 0) is 42.5 Å². The molecule has 2 nitrogen and oxygen atoms in total. The van der Waals surface area contributed by atoms with Crippen LogP contribution in [0.25, 0.3) is 0 Å². The summed E-state index contributed by atoms with van der Waals surface area (Å²) in [7, 11) is 0. The summed E-state index contributed by atoms with van der Waals surface area (Å²) in [4.78, 5) is 0.0831. The second kappa shape index (κ2) is 5.82. The van der Waals surface area contributed by atoms with Gasteiger partial charge in [-0.15, -0.1) is 0 Å². The van der Waals surface area contributed by atoms with Crippen LogP contribution in [0.5, 0.6) is 0 Å². The highest BCUT2D eigenvalue weighted by molar-refractivity contribution is 7.80. The molecule has 0 amide bonds. The van der Waals surface area contributed by atoms with Gasteiger partial charge in [0.25, 0.3) is 0 Å². The van der Waals surface area contributed by atoms with E-state index in [1.165, 1.54) is 17.2 Å². The molecule has 2 aromatic rings. The zero-order valence-electron chi connectivity index (χ0n) is 11.6. The number of anilines is 1. The summed E-state index contributed by atoms with van der Waals surface area (Å²) in [6.45, 7) is 0. The molecule has 21 heavy (non-hydrogen) atoms. The predicted molar refractivity (Wildman–Crippen MR) is 88.0 cm³/mol. The Morgan fingerprint density at radius 3 is 2.81 bits per heavy atom. The van der Waals surface area contributed by atoms with Crippen molar-refractivity contribution >= 4 is 22.9 Å². The summed E-state index contributed by atoms with van der Waals surface area (Å²) >= 11 is 4.98. The van der Waals surface area contributed by atoms with Crippen LogP contribution >= 0.6 is 12.2 Å². The fourth-order valence-corrected chi connectivity index (χ4v) is 3.19. The molecule has 0 aliphatic heterocycles. The third-order valence-electron chi connectivity index (χ3n) is 3.96. The first-order valence-electron chi connectivity index (χ1n) is 7.09. The molecule has 0 radical (unpaired) electrons. The van der Waals surface area contributed by atoms with Gasteiger partial charge in [0, 0.05) is 5.69 Å². The molecule has 1 aliphatic carbocycles. The van der Waals surface area contributed by atoms with Gasteiger partial charge in [-0.3, -0.25) is 0 Å². The van der Waals surface area contributed by atoms with Crippen molar-refractivity contribution in [3.8, 4) is 0 Å². The average Bonchev–Trinajstić information content (AvgIpc) is 2.47. The van der Waals surface area contributed by atoms with Crippen molar-refractivity contribution in [2.75, 3.05) is 5.32 Å². The maximum atomic E-state index is 13.9. The monoisotopic (exact) mass is 300 g/mol. The Kier molecular flexibility index (Phi) is 3.88. The van der Waals surface area contributed by atoms with Crippen LogP contribution in [0.1, 0.15) is 35.6 Å². The molecule has 108 valence electrons. The maximum absolute atomic E-state index is 13.9. The SMILES string of the molecule is NC(=S)c1c(F)cccc1NC1CCCc2ccccc21. The number of rotatable bonds is 3. The molecule has 0 aromatic heterocycles. The number of hydrogen-bond donors (Lipinski definition) is 2. The Morgan fingerprint density at radius 2 is 2.00 bits per heavy atom. The van der Waals surface area contributed by atoms with Crippen molar-refractivity contribution in [1.29, 1.82) is 0 Å². The minimum Gasteiger partial charge on any atom is -0.389 e. The van der Waals surface area contributed by atoms with Crippen molar-refractivity contribution in [2.24, 2.45) is 5.73 Å². The Balaban J connectivity index is 1.96. The van der Waals surface area contributed by atoms with Gasteiger partial charge < -0.3 is 11.1 Å². The van der Waals surface area contributed by atoms with Crippen LogP contribution in [-0.4, -0.2) is 4.99 Å². The van der Waals surface area contributed by atoms with E-state index in [1.54, 1.807) is 6.07 Å². The first kappa shape index (κ1) is 14.0. The highest BCUT2D eigenvalue weighted by atomic mass is 32.1. The van der Waals surface area contributed by atoms with E-state index in [9.17, 15) is 4.39 Å². The summed E-state index contributed by atoms with van der Waals surface area (Å²) in [6.07, 6.45) is 3.23. The summed E-state index contributed by atoms with van der Waals surface area (Å²) in [6, 6.07) is 13.4. The number of aryl methyl sites for hydroxylation is 1. The molecule has 1 unspecified atom stereocenters. The van der Waals surface area contributed by atoms with Gasteiger partial charge >= 0.3 is 0 Å². The lowest BCUT2D eigenvalue weighted by Crippen LogP contribution is -2.21.